The molecule has 25 heavy (non-hydrogen) atoms. The Morgan fingerprint density at radius 3 is 2.56 bits per heavy atom. The highest BCUT2D eigenvalue weighted by Gasteiger charge is 2.05. The van der Waals surface area contributed by atoms with Crippen LogP contribution in [0.1, 0.15) is 12.0 Å². The van der Waals surface area contributed by atoms with E-state index < -0.39 is 6.03 Å². The zero-order valence-corrected chi connectivity index (χ0v) is 13.5. The van der Waals surface area contributed by atoms with E-state index in [1.165, 1.54) is 31.4 Å². The molecule has 0 fully saturated rings. The van der Waals surface area contributed by atoms with E-state index >= 15 is 0 Å². The van der Waals surface area contributed by atoms with Crippen LogP contribution in [0, 0.1) is 17.7 Å². The highest BCUT2D eigenvalue weighted by Crippen LogP contribution is 2.27. The normalized spacial score (nSPS) is 9.72. The van der Waals surface area contributed by atoms with Crippen molar-refractivity contribution in [2.24, 2.45) is 5.73 Å². The first-order valence-electron chi connectivity index (χ1n) is 7.36. The lowest BCUT2D eigenvalue weighted by Crippen LogP contribution is -2.33. The van der Waals surface area contributed by atoms with Crippen LogP contribution in [-0.4, -0.2) is 30.0 Å². The molecule has 2 aromatic rings. The number of methoxy groups -OCH3 is 1. The first-order chi connectivity index (χ1) is 12.0. The summed E-state index contributed by atoms with van der Waals surface area (Å²) in [4.78, 5) is 10.7. The monoisotopic (exact) mass is 344 g/mol. The van der Waals surface area contributed by atoms with Crippen molar-refractivity contribution in [1.82, 2.24) is 5.06 Å². The fourth-order valence-electron chi connectivity index (χ4n) is 1.92. The highest BCUT2D eigenvalue weighted by molar-refractivity contribution is 5.70. The third-order valence-corrected chi connectivity index (χ3v) is 3.15. The zero-order valence-electron chi connectivity index (χ0n) is 13.5. The second-order valence-corrected chi connectivity index (χ2v) is 4.93. The average molecular weight is 344 g/mol. The van der Waals surface area contributed by atoms with Gasteiger partial charge in [0.1, 0.15) is 23.1 Å². The van der Waals surface area contributed by atoms with E-state index in [0.717, 1.165) is 0 Å². The van der Waals surface area contributed by atoms with Crippen molar-refractivity contribution in [3.05, 3.63) is 53.8 Å². The number of nitrogens with two attached hydrogens (primary N) is 1. The fraction of sp³-hybridized carbons (Fsp3) is 0.167. The number of nitrogens with zero attached hydrogens (tertiary/aromatic N) is 1. The summed E-state index contributed by atoms with van der Waals surface area (Å²) in [6.07, 6.45) is 0.228. The van der Waals surface area contributed by atoms with Crippen molar-refractivity contribution in [2.45, 2.75) is 6.42 Å². The lowest BCUT2D eigenvalue weighted by atomic mass is 10.2. The minimum Gasteiger partial charge on any atom is -0.495 e. The van der Waals surface area contributed by atoms with E-state index in [2.05, 4.69) is 11.8 Å². The fourth-order valence-corrected chi connectivity index (χ4v) is 1.92. The van der Waals surface area contributed by atoms with Gasteiger partial charge in [0.05, 0.1) is 19.2 Å². The van der Waals surface area contributed by atoms with Gasteiger partial charge in [-0.3, -0.25) is 5.21 Å². The predicted molar refractivity (Wildman–Crippen MR) is 89.0 cm³/mol. The number of carbonyl (C=O) groups excluding carboxylic acids is 1. The van der Waals surface area contributed by atoms with Crippen LogP contribution in [0.2, 0.25) is 0 Å². The van der Waals surface area contributed by atoms with Gasteiger partial charge in [-0.1, -0.05) is 11.8 Å². The van der Waals surface area contributed by atoms with Crippen molar-refractivity contribution in [3.63, 3.8) is 0 Å². The van der Waals surface area contributed by atoms with E-state index in [9.17, 15) is 14.4 Å². The van der Waals surface area contributed by atoms with Gasteiger partial charge in [-0.05, 0) is 36.4 Å². The van der Waals surface area contributed by atoms with Gasteiger partial charge in [0.2, 0.25) is 0 Å². The Morgan fingerprint density at radius 2 is 1.92 bits per heavy atom. The molecule has 0 aliphatic heterocycles. The van der Waals surface area contributed by atoms with Gasteiger partial charge in [0, 0.05) is 12.5 Å². The lowest BCUT2D eigenvalue weighted by molar-refractivity contribution is -0.0372. The number of primary amides is 1. The molecule has 6 nitrogen and oxygen atoms in total. The van der Waals surface area contributed by atoms with E-state index in [-0.39, 0.29) is 18.8 Å². The van der Waals surface area contributed by atoms with Gasteiger partial charge in [-0.2, -0.15) is 0 Å². The molecule has 0 aliphatic carbocycles. The summed E-state index contributed by atoms with van der Waals surface area (Å²) in [6, 6.07) is 9.79. The first-order valence-corrected chi connectivity index (χ1v) is 7.36. The third-order valence-electron chi connectivity index (χ3n) is 3.15. The molecule has 0 aliphatic rings. The van der Waals surface area contributed by atoms with Gasteiger partial charge in [-0.25, -0.2) is 14.2 Å². The third kappa shape index (κ3) is 5.41. The molecule has 7 heteroatoms. The Bertz CT molecular complexity index is 797. The molecule has 0 aromatic heterocycles. The lowest BCUT2D eigenvalue weighted by Gasteiger charge is -2.09. The maximum atomic E-state index is 12.9. The summed E-state index contributed by atoms with van der Waals surface area (Å²) in [7, 11) is 1.52. The van der Waals surface area contributed by atoms with Crippen LogP contribution < -0.4 is 15.2 Å². The minimum atomic E-state index is -0.936. The van der Waals surface area contributed by atoms with E-state index in [0.29, 0.717) is 27.9 Å². The number of hydroxylamine groups is 2. The van der Waals surface area contributed by atoms with Crippen molar-refractivity contribution < 1.29 is 23.9 Å². The summed E-state index contributed by atoms with van der Waals surface area (Å²) in [5.41, 5.74) is 5.48. The quantitative estimate of drug-likeness (QED) is 0.496. The van der Waals surface area contributed by atoms with Crippen LogP contribution in [0.15, 0.2) is 42.5 Å². The molecule has 130 valence electrons. The number of benzene rings is 2. The Balaban J connectivity index is 2.11. The van der Waals surface area contributed by atoms with Crippen LogP contribution in [0.4, 0.5) is 9.18 Å². The van der Waals surface area contributed by atoms with Gasteiger partial charge in [0.25, 0.3) is 0 Å². The number of ether oxygens (including phenoxy) is 2. The molecule has 0 radical (unpaired) electrons. The topological polar surface area (TPSA) is 85.0 Å². The SMILES string of the molecule is COc1ccc(Oc2ccc(F)cc2)cc1C#CCCN(O)C(N)=O. The summed E-state index contributed by atoms with van der Waals surface area (Å²) in [5, 5.41) is 9.56. The van der Waals surface area contributed by atoms with Crippen LogP contribution in [0.25, 0.3) is 0 Å². The number of carbonyl (C=O) groups is 1. The molecular weight excluding hydrogens is 327 g/mol. The van der Waals surface area contributed by atoms with E-state index in [1.807, 2.05) is 0 Å². The molecule has 0 atom stereocenters. The number of rotatable bonds is 5. The summed E-state index contributed by atoms with van der Waals surface area (Å²) < 4.78 is 23.8. The first kappa shape index (κ1) is 18.1. The van der Waals surface area contributed by atoms with Crippen molar-refractivity contribution in [3.8, 4) is 29.1 Å². The van der Waals surface area contributed by atoms with Crippen molar-refractivity contribution >= 4 is 6.03 Å². The maximum absolute atomic E-state index is 12.9. The van der Waals surface area contributed by atoms with Crippen LogP contribution in [0.3, 0.4) is 0 Å². The molecule has 2 aromatic carbocycles. The number of hydrogen-bond donors (Lipinski definition) is 2. The van der Waals surface area contributed by atoms with E-state index in [4.69, 9.17) is 15.2 Å². The zero-order chi connectivity index (χ0) is 18.2. The number of amides is 2. The summed E-state index contributed by atoms with van der Waals surface area (Å²) in [5.74, 6) is 6.91. The highest BCUT2D eigenvalue weighted by atomic mass is 19.1. The maximum Gasteiger partial charge on any atom is 0.338 e. The largest absolute Gasteiger partial charge is 0.495 e. The van der Waals surface area contributed by atoms with Crippen molar-refractivity contribution in [1.29, 1.82) is 0 Å². The summed E-state index contributed by atoms with van der Waals surface area (Å²) >= 11 is 0. The average Bonchev–Trinajstić information content (AvgIpc) is 2.60. The Morgan fingerprint density at radius 1 is 1.24 bits per heavy atom. The van der Waals surface area contributed by atoms with Crippen molar-refractivity contribution in [2.75, 3.05) is 13.7 Å². The summed E-state index contributed by atoms with van der Waals surface area (Å²) in [6.45, 7) is -0.00355. The van der Waals surface area contributed by atoms with E-state index in [1.54, 1.807) is 18.2 Å². The van der Waals surface area contributed by atoms with Crippen LogP contribution >= 0.6 is 0 Å². The molecule has 0 saturated heterocycles. The molecule has 2 amide bonds. The molecule has 3 N–H and O–H groups in total. The smallest absolute Gasteiger partial charge is 0.338 e. The van der Waals surface area contributed by atoms with Gasteiger partial charge >= 0.3 is 6.03 Å². The Hall–Kier alpha value is -3.24. The van der Waals surface area contributed by atoms with Crippen LogP contribution in [-0.2, 0) is 0 Å². The molecule has 0 bridgehead atoms. The second kappa shape index (κ2) is 8.57. The number of halogens is 1. The minimum absolute atomic E-state index is 0.00355. The predicted octanol–water partition coefficient (Wildman–Crippen LogP) is 3.14. The molecule has 0 unspecified atom stereocenters. The molecule has 0 spiro atoms. The standard InChI is InChI=1S/C18H17FN2O4/c1-24-17-10-9-16(25-15-7-5-14(19)6-8-15)12-13(17)4-2-3-11-21(23)18(20)22/h5-10,12,23H,3,11H2,1H3,(H2,20,22). The number of hydrogen-bond acceptors (Lipinski definition) is 4. The van der Waals surface area contributed by atoms with Gasteiger partial charge < -0.3 is 15.2 Å². The number of urea groups is 1. The molecular formula is C18H17FN2O4. The Labute approximate surface area is 144 Å². The Kier molecular flexibility index (Phi) is 6.20. The van der Waals surface area contributed by atoms with Gasteiger partial charge in [0.15, 0.2) is 0 Å². The molecule has 2 rings (SSSR count). The second-order valence-electron chi connectivity index (χ2n) is 4.93. The molecule has 0 heterocycles. The molecule has 0 saturated carbocycles. The van der Waals surface area contributed by atoms with Crippen LogP contribution in [0.5, 0.6) is 17.2 Å². The van der Waals surface area contributed by atoms with Gasteiger partial charge in [-0.15, -0.1) is 0 Å².